The number of nitrogens with one attached hydrogen (secondary N) is 1. The third-order valence-electron chi connectivity index (χ3n) is 3.82. The second-order valence-corrected chi connectivity index (χ2v) is 4.77. The molecule has 0 heterocycles. The molecule has 0 spiro atoms. The molecule has 2 rings (SSSR count). The molecule has 80 valence electrons. The van der Waals surface area contributed by atoms with Crippen LogP contribution < -0.4 is 5.32 Å². The summed E-state index contributed by atoms with van der Waals surface area (Å²) in [6.45, 7) is 0.909. The summed E-state index contributed by atoms with van der Waals surface area (Å²) in [5, 5.41) is 12.5. The van der Waals surface area contributed by atoms with Crippen LogP contribution in [-0.4, -0.2) is 23.2 Å². The molecule has 0 aromatic heterocycles. The number of carbonyl (C=O) groups is 1. The lowest BCUT2D eigenvalue weighted by atomic mass is 9.84. The van der Waals surface area contributed by atoms with Gasteiger partial charge in [0.15, 0.2) is 0 Å². The van der Waals surface area contributed by atoms with Gasteiger partial charge in [-0.25, -0.2) is 0 Å². The zero-order chi connectivity index (χ0) is 10.0. The maximum absolute atomic E-state index is 11.2. The first-order chi connectivity index (χ1) is 6.73. The Kier molecular flexibility index (Phi) is 2.77. The summed E-state index contributed by atoms with van der Waals surface area (Å²) in [6.07, 6.45) is 7.63. The molecular weight excluding hydrogens is 178 g/mol. The highest BCUT2D eigenvalue weighted by Crippen LogP contribution is 2.32. The van der Waals surface area contributed by atoms with Gasteiger partial charge >= 0.3 is 5.97 Å². The zero-order valence-electron chi connectivity index (χ0n) is 8.59. The van der Waals surface area contributed by atoms with Crippen LogP contribution >= 0.6 is 0 Å². The molecule has 2 saturated carbocycles. The van der Waals surface area contributed by atoms with E-state index in [9.17, 15) is 9.90 Å². The molecule has 0 amide bonds. The molecular formula is C11H19NO2. The number of hydrogen-bond acceptors (Lipinski definition) is 2. The number of rotatable bonds is 4. The third kappa shape index (κ3) is 1.78. The largest absolute Gasteiger partial charge is 0.480 e. The Balaban J connectivity index is 1.86. The predicted octanol–water partition coefficient (Wildman–Crippen LogP) is 1.77. The van der Waals surface area contributed by atoms with E-state index in [0.29, 0.717) is 0 Å². The Morgan fingerprint density at radius 3 is 2.36 bits per heavy atom. The van der Waals surface area contributed by atoms with E-state index in [1.807, 2.05) is 0 Å². The van der Waals surface area contributed by atoms with Crippen molar-refractivity contribution in [1.82, 2.24) is 5.32 Å². The fourth-order valence-corrected chi connectivity index (χ4v) is 2.48. The van der Waals surface area contributed by atoms with Crippen molar-refractivity contribution in [1.29, 1.82) is 0 Å². The first-order valence-corrected chi connectivity index (χ1v) is 5.71. The lowest BCUT2D eigenvalue weighted by molar-refractivity contribution is -0.144. The van der Waals surface area contributed by atoms with Gasteiger partial charge in [-0.3, -0.25) is 4.79 Å². The van der Waals surface area contributed by atoms with E-state index >= 15 is 0 Å². The maximum atomic E-state index is 11.2. The summed E-state index contributed by atoms with van der Waals surface area (Å²) >= 11 is 0. The van der Waals surface area contributed by atoms with Gasteiger partial charge in [0.1, 0.15) is 5.54 Å². The fraction of sp³-hybridized carbons (Fsp3) is 0.909. The molecule has 2 aliphatic rings. The van der Waals surface area contributed by atoms with Crippen molar-refractivity contribution in [3.8, 4) is 0 Å². The number of carboxylic acids is 1. The average molecular weight is 197 g/mol. The monoisotopic (exact) mass is 197 g/mol. The van der Waals surface area contributed by atoms with Crippen molar-refractivity contribution in [2.45, 2.75) is 50.5 Å². The average Bonchev–Trinajstić information content (AvgIpc) is 2.51. The highest BCUT2D eigenvalue weighted by molar-refractivity contribution is 5.79. The van der Waals surface area contributed by atoms with Crippen molar-refractivity contribution >= 4 is 5.97 Å². The molecule has 0 aromatic rings. The van der Waals surface area contributed by atoms with Crippen LogP contribution in [0.5, 0.6) is 0 Å². The third-order valence-corrected chi connectivity index (χ3v) is 3.82. The van der Waals surface area contributed by atoms with Crippen LogP contribution in [0.3, 0.4) is 0 Å². The van der Waals surface area contributed by atoms with E-state index in [1.165, 1.54) is 19.3 Å². The summed E-state index contributed by atoms with van der Waals surface area (Å²) in [7, 11) is 0. The van der Waals surface area contributed by atoms with Gasteiger partial charge in [0, 0.05) is 0 Å². The number of carboxylic acid groups (broad SMARTS) is 1. The second-order valence-electron chi connectivity index (χ2n) is 4.77. The summed E-state index contributed by atoms with van der Waals surface area (Å²) in [5.41, 5.74) is -0.574. The molecule has 14 heavy (non-hydrogen) atoms. The van der Waals surface area contributed by atoms with Gasteiger partial charge in [-0.2, -0.15) is 0 Å². The molecule has 2 fully saturated rings. The second kappa shape index (κ2) is 3.89. The van der Waals surface area contributed by atoms with E-state index in [2.05, 4.69) is 5.32 Å². The van der Waals surface area contributed by atoms with E-state index < -0.39 is 11.5 Å². The van der Waals surface area contributed by atoms with Crippen molar-refractivity contribution in [2.75, 3.05) is 6.54 Å². The smallest absolute Gasteiger partial charge is 0.323 e. The molecule has 2 aliphatic carbocycles. The Bertz CT molecular complexity index is 217. The molecule has 0 saturated heterocycles. The zero-order valence-corrected chi connectivity index (χ0v) is 8.59. The SMILES string of the molecule is O=C(O)C1(NCC2CCC2)CCCC1. The summed E-state index contributed by atoms with van der Waals surface area (Å²) in [5.74, 6) is 0.0983. The van der Waals surface area contributed by atoms with E-state index in [-0.39, 0.29) is 0 Å². The molecule has 0 radical (unpaired) electrons. The lowest BCUT2D eigenvalue weighted by Gasteiger charge is -2.32. The van der Waals surface area contributed by atoms with Crippen molar-refractivity contribution in [2.24, 2.45) is 5.92 Å². The van der Waals surface area contributed by atoms with Gasteiger partial charge in [-0.15, -0.1) is 0 Å². The molecule has 2 N–H and O–H groups in total. The highest BCUT2D eigenvalue weighted by atomic mass is 16.4. The van der Waals surface area contributed by atoms with E-state index in [0.717, 1.165) is 38.1 Å². The summed E-state index contributed by atoms with van der Waals surface area (Å²) < 4.78 is 0. The van der Waals surface area contributed by atoms with Gasteiger partial charge in [-0.05, 0) is 38.1 Å². The van der Waals surface area contributed by atoms with Crippen LogP contribution in [0.25, 0.3) is 0 Å². The van der Waals surface area contributed by atoms with Gasteiger partial charge in [0.25, 0.3) is 0 Å². The van der Waals surface area contributed by atoms with Crippen LogP contribution in [-0.2, 0) is 4.79 Å². The predicted molar refractivity (Wildman–Crippen MR) is 54.2 cm³/mol. The molecule has 0 aliphatic heterocycles. The molecule has 3 heteroatoms. The molecule has 3 nitrogen and oxygen atoms in total. The van der Waals surface area contributed by atoms with Crippen LogP contribution in [0.2, 0.25) is 0 Å². The number of aliphatic carboxylic acids is 1. The molecule has 0 atom stereocenters. The molecule has 0 bridgehead atoms. The van der Waals surface area contributed by atoms with Crippen molar-refractivity contribution in [3.05, 3.63) is 0 Å². The highest BCUT2D eigenvalue weighted by Gasteiger charge is 2.41. The quantitative estimate of drug-likeness (QED) is 0.722. The van der Waals surface area contributed by atoms with E-state index in [1.54, 1.807) is 0 Å². The Labute approximate surface area is 84.9 Å². The maximum Gasteiger partial charge on any atom is 0.323 e. The standard InChI is InChI=1S/C11H19NO2/c13-10(14)11(6-1-2-7-11)12-8-9-4-3-5-9/h9,12H,1-8H2,(H,13,14). The Hall–Kier alpha value is -0.570. The molecule has 0 aromatic carbocycles. The minimum Gasteiger partial charge on any atom is -0.480 e. The summed E-state index contributed by atoms with van der Waals surface area (Å²) in [4.78, 5) is 11.2. The van der Waals surface area contributed by atoms with Crippen molar-refractivity contribution < 1.29 is 9.90 Å². The normalized spacial score (nSPS) is 26.0. The Morgan fingerprint density at radius 1 is 1.29 bits per heavy atom. The fourth-order valence-electron chi connectivity index (χ4n) is 2.48. The van der Waals surface area contributed by atoms with Crippen LogP contribution in [0.1, 0.15) is 44.9 Å². The van der Waals surface area contributed by atoms with E-state index in [4.69, 9.17) is 0 Å². The summed E-state index contributed by atoms with van der Waals surface area (Å²) in [6, 6.07) is 0. The van der Waals surface area contributed by atoms with Gasteiger partial charge in [-0.1, -0.05) is 19.3 Å². The number of hydrogen-bond donors (Lipinski definition) is 2. The van der Waals surface area contributed by atoms with Crippen LogP contribution in [0.15, 0.2) is 0 Å². The first kappa shape index (κ1) is 9.97. The first-order valence-electron chi connectivity index (χ1n) is 5.71. The minimum atomic E-state index is -0.644. The topological polar surface area (TPSA) is 49.3 Å². The Morgan fingerprint density at radius 2 is 1.93 bits per heavy atom. The lowest BCUT2D eigenvalue weighted by Crippen LogP contribution is -2.51. The molecule has 0 unspecified atom stereocenters. The van der Waals surface area contributed by atoms with Gasteiger partial charge < -0.3 is 10.4 Å². The van der Waals surface area contributed by atoms with Gasteiger partial charge in [0.2, 0.25) is 0 Å². The van der Waals surface area contributed by atoms with Crippen molar-refractivity contribution in [3.63, 3.8) is 0 Å². The van der Waals surface area contributed by atoms with Crippen LogP contribution in [0, 0.1) is 5.92 Å². The van der Waals surface area contributed by atoms with Gasteiger partial charge in [0.05, 0.1) is 0 Å². The van der Waals surface area contributed by atoms with Crippen LogP contribution in [0.4, 0.5) is 0 Å². The minimum absolute atomic E-state index is 0.574.